The van der Waals surface area contributed by atoms with Gasteiger partial charge in [-0.25, -0.2) is 0 Å². The second kappa shape index (κ2) is 7.49. The summed E-state index contributed by atoms with van der Waals surface area (Å²) in [6.07, 6.45) is 5.38. The van der Waals surface area contributed by atoms with Gasteiger partial charge in [0.15, 0.2) is 5.78 Å². The molecule has 0 spiro atoms. The zero-order valence-electron chi connectivity index (χ0n) is 19.2. The molecule has 0 N–H and O–H groups in total. The van der Waals surface area contributed by atoms with E-state index in [0.29, 0.717) is 28.7 Å². The van der Waals surface area contributed by atoms with Crippen molar-refractivity contribution in [3.05, 3.63) is 77.4 Å². The minimum Gasteiger partial charge on any atom is -0.295 e. The molecule has 1 heterocycles. The summed E-state index contributed by atoms with van der Waals surface area (Å²) in [6, 6.07) is 14.0. The van der Waals surface area contributed by atoms with Crippen LogP contribution in [-0.2, 0) is 9.59 Å². The molecule has 2 saturated carbocycles. The molecule has 1 saturated heterocycles. The SMILES string of the molecule is CC(=O)c1cccc(N(CN2C(=O)C3C4C=CC(C5CC45)C3C2=O)C(=O)c2ccc(C)cc2)c1. The van der Waals surface area contributed by atoms with E-state index in [1.165, 1.54) is 16.7 Å². The number of benzene rings is 2. The van der Waals surface area contributed by atoms with Gasteiger partial charge in [0.25, 0.3) is 5.91 Å². The lowest BCUT2D eigenvalue weighted by molar-refractivity contribution is -0.140. The van der Waals surface area contributed by atoms with Crippen molar-refractivity contribution >= 4 is 29.2 Å². The predicted molar refractivity (Wildman–Crippen MR) is 126 cm³/mol. The van der Waals surface area contributed by atoms with Gasteiger partial charge in [0.1, 0.15) is 6.67 Å². The van der Waals surface area contributed by atoms with Crippen LogP contribution in [0.25, 0.3) is 0 Å². The molecule has 6 unspecified atom stereocenters. The Morgan fingerprint density at radius 1 is 0.912 bits per heavy atom. The maximum atomic E-state index is 13.6. The van der Waals surface area contributed by atoms with E-state index in [4.69, 9.17) is 0 Å². The number of rotatable bonds is 5. The zero-order valence-corrected chi connectivity index (χ0v) is 19.2. The fraction of sp³-hybridized carbons (Fsp3) is 0.357. The van der Waals surface area contributed by atoms with E-state index in [1.807, 2.05) is 19.1 Å². The summed E-state index contributed by atoms with van der Waals surface area (Å²) in [5.41, 5.74) is 2.43. The Morgan fingerprint density at radius 2 is 1.53 bits per heavy atom. The van der Waals surface area contributed by atoms with Crippen LogP contribution in [0, 0.1) is 42.4 Å². The molecule has 2 bridgehead atoms. The second-order valence-corrected chi connectivity index (χ2v) is 10.1. The second-order valence-electron chi connectivity index (χ2n) is 10.1. The van der Waals surface area contributed by atoms with Gasteiger partial charge in [-0.3, -0.25) is 29.0 Å². The number of Topliss-reactive ketones (excluding diaryl/α,β-unsaturated/α-hetero) is 1. The molecular weight excluding hydrogens is 428 g/mol. The first-order valence-corrected chi connectivity index (χ1v) is 11.9. The van der Waals surface area contributed by atoms with Crippen molar-refractivity contribution in [1.29, 1.82) is 0 Å². The number of carbonyl (C=O) groups is 4. The van der Waals surface area contributed by atoms with Gasteiger partial charge in [0.05, 0.1) is 11.8 Å². The summed E-state index contributed by atoms with van der Waals surface area (Å²) in [6.45, 7) is 3.25. The first-order valence-electron chi connectivity index (χ1n) is 11.9. The quantitative estimate of drug-likeness (QED) is 0.391. The number of allylic oxidation sites excluding steroid dienone is 2. The highest BCUT2D eigenvalue weighted by Crippen LogP contribution is 2.65. The van der Waals surface area contributed by atoms with Gasteiger partial charge in [0, 0.05) is 16.8 Å². The van der Waals surface area contributed by atoms with E-state index in [0.717, 1.165) is 12.0 Å². The molecule has 172 valence electrons. The molecule has 6 heteroatoms. The lowest BCUT2D eigenvalue weighted by Gasteiger charge is -2.37. The van der Waals surface area contributed by atoms with Crippen LogP contribution in [0.5, 0.6) is 0 Å². The Labute approximate surface area is 198 Å². The Balaban J connectivity index is 1.36. The number of imide groups is 1. The third-order valence-electron chi connectivity index (χ3n) is 8.14. The summed E-state index contributed by atoms with van der Waals surface area (Å²) in [5.74, 6) is -0.125. The van der Waals surface area contributed by atoms with E-state index in [9.17, 15) is 19.2 Å². The van der Waals surface area contributed by atoms with Crippen molar-refractivity contribution in [2.24, 2.45) is 35.5 Å². The third-order valence-corrected chi connectivity index (χ3v) is 8.14. The van der Waals surface area contributed by atoms with Crippen LogP contribution in [0.15, 0.2) is 60.7 Å². The van der Waals surface area contributed by atoms with Gasteiger partial charge in [-0.2, -0.15) is 0 Å². The number of likely N-dealkylation sites (tertiary alicyclic amines) is 1. The van der Waals surface area contributed by atoms with E-state index in [1.54, 1.807) is 36.4 Å². The summed E-state index contributed by atoms with van der Waals surface area (Å²) < 4.78 is 0. The molecule has 0 aromatic heterocycles. The van der Waals surface area contributed by atoms with Crippen LogP contribution in [-0.4, -0.2) is 35.1 Å². The number of hydrogen-bond donors (Lipinski definition) is 0. The van der Waals surface area contributed by atoms with Crippen molar-refractivity contribution in [3.63, 3.8) is 0 Å². The Hall–Kier alpha value is -3.54. The van der Waals surface area contributed by atoms with Crippen molar-refractivity contribution < 1.29 is 19.2 Å². The molecule has 34 heavy (non-hydrogen) atoms. The van der Waals surface area contributed by atoms with Crippen molar-refractivity contribution in [2.75, 3.05) is 11.6 Å². The van der Waals surface area contributed by atoms with Gasteiger partial charge >= 0.3 is 0 Å². The molecule has 4 aliphatic carbocycles. The smallest absolute Gasteiger partial charge is 0.259 e. The molecule has 7 rings (SSSR count). The number of carbonyl (C=O) groups excluding carboxylic acids is 4. The van der Waals surface area contributed by atoms with Crippen LogP contribution < -0.4 is 4.90 Å². The third kappa shape index (κ3) is 3.08. The van der Waals surface area contributed by atoms with Gasteiger partial charge in [-0.05, 0) is 68.2 Å². The molecule has 6 atom stereocenters. The Kier molecular flexibility index (Phi) is 4.63. The molecule has 3 amide bonds. The van der Waals surface area contributed by atoms with Gasteiger partial charge in [-0.1, -0.05) is 42.0 Å². The molecule has 1 aliphatic heterocycles. The summed E-state index contributed by atoms with van der Waals surface area (Å²) in [5, 5.41) is 0. The van der Waals surface area contributed by atoms with Crippen molar-refractivity contribution in [1.82, 2.24) is 4.90 Å². The maximum absolute atomic E-state index is 13.6. The van der Waals surface area contributed by atoms with Gasteiger partial charge in [0.2, 0.25) is 11.8 Å². The van der Waals surface area contributed by atoms with Crippen LogP contribution in [0.4, 0.5) is 5.69 Å². The molecular formula is C28H26N2O4. The molecule has 5 aliphatic rings. The number of hydrogen-bond acceptors (Lipinski definition) is 4. The lowest BCUT2D eigenvalue weighted by Crippen LogP contribution is -2.45. The van der Waals surface area contributed by atoms with Crippen LogP contribution >= 0.6 is 0 Å². The average molecular weight is 455 g/mol. The fourth-order valence-corrected chi connectivity index (χ4v) is 6.31. The largest absolute Gasteiger partial charge is 0.295 e. The van der Waals surface area contributed by atoms with Crippen LogP contribution in [0.3, 0.4) is 0 Å². The summed E-state index contributed by atoms with van der Waals surface area (Å²) in [7, 11) is 0. The highest BCUT2D eigenvalue weighted by molar-refractivity contribution is 6.10. The minimum atomic E-state index is -0.319. The number of ketones is 1. The van der Waals surface area contributed by atoms with E-state index in [2.05, 4.69) is 12.2 Å². The van der Waals surface area contributed by atoms with Crippen LogP contribution in [0.2, 0.25) is 0 Å². The van der Waals surface area contributed by atoms with E-state index >= 15 is 0 Å². The molecule has 6 nitrogen and oxygen atoms in total. The topological polar surface area (TPSA) is 74.8 Å². The molecule has 3 fully saturated rings. The first-order chi connectivity index (χ1) is 16.3. The van der Waals surface area contributed by atoms with E-state index in [-0.39, 0.29) is 53.8 Å². The number of aryl methyl sites for hydroxylation is 1. The highest BCUT2D eigenvalue weighted by atomic mass is 16.2. The zero-order chi connectivity index (χ0) is 23.7. The number of anilines is 1. The van der Waals surface area contributed by atoms with Crippen molar-refractivity contribution in [2.45, 2.75) is 20.3 Å². The minimum absolute atomic E-state index is 0.120. The number of nitrogens with zero attached hydrogens (tertiary/aromatic N) is 2. The molecule has 0 radical (unpaired) electrons. The first kappa shape index (κ1) is 21.0. The Morgan fingerprint density at radius 3 is 2.12 bits per heavy atom. The number of amides is 3. The summed E-state index contributed by atoms with van der Waals surface area (Å²) in [4.78, 5) is 55.4. The molecule has 2 aromatic rings. The van der Waals surface area contributed by atoms with Crippen LogP contribution in [0.1, 0.15) is 39.6 Å². The van der Waals surface area contributed by atoms with Crippen molar-refractivity contribution in [3.8, 4) is 0 Å². The van der Waals surface area contributed by atoms with Gasteiger partial charge in [-0.15, -0.1) is 0 Å². The Bertz CT molecular complexity index is 1230. The summed E-state index contributed by atoms with van der Waals surface area (Å²) >= 11 is 0. The standard InChI is InChI=1S/C28H26N2O4/c1-15-6-8-17(9-7-15)26(32)29(19-5-3-4-18(12-19)16(2)31)14-30-27(33)24-20-10-11-21(23-13-22(20)23)25(24)28(30)34/h3-12,20-25H,13-14H2,1-2H3. The monoisotopic (exact) mass is 454 g/mol. The molecule has 2 aromatic carbocycles. The van der Waals surface area contributed by atoms with E-state index < -0.39 is 0 Å². The predicted octanol–water partition coefficient (Wildman–Crippen LogP) is 3.86. The lowest BCUT2D eigenvalue weighted by atomic mass is 9.63. The van der Waals surface area contributed by atoms with Gasteiger partial charge < -0.3 is 0 Å². The average Bonchev–Trinajstić information content (AvgIpc) is 3.62. The normalized spacial score (nSPS) is 30.2. The fourth-order valence-electron chi connectivity index (χ4n) is 6.31. The highest BCUT2D eigenvalue weighted by Gasteiger charge is 2.67. The maximum Gasteiger partial charge on any atom is 0.259 e.